The third-order valence-corrected chi connectivity index (χ3v) is 6.45. The Balaban J connectivity index is 1.49. The Bertz CT molecular complexity index is 1070. The molecule has 0 unspecified atom stereocenters. The van der Waals surface area contributed by atoms with Crippen LogP contribution in [0.4, 0.5) is 5.69 Å². The summed E-state index contributed by atoms with van der Waals surface area (Å²) in [6.45, 7) is 1.09. The second-order valence-corrected chi connectivity index (χ2v) is 8.33. The summed E-state index contributed by atoms with van der Waals surface area (Å²) in [5.41, 5.74) is 1.65. The molecule has 3 aromatic rings. The number of nitrogens with one attached hydrogen (secondary N) is 1. The maximum absolute atomic E-state index is 12.6. The Hall–Kier alpha value is -3.11. The third kappa shape index (κ3) is 3.64. The lowest BCUT2D eigenvalue weighted by Crippen LogP contribution is -2.27. The van der Waals surface area contributed by atoms with Gasteiger partial charge >= 0.3 is 0 Å². The van der Waals surface area contributed by atoms with Crippen LogP contribution in [-0.4, -0.2) is 51.9 Å². The van der Waals surface area contributed by atoms with Crippen LogP contribution < -0.4 is 5.32 Å². The van der Waals surface area contributed by atoms with Crippen LogP contribution in [0, 0.1) is 0 Å². The van der Waals surface area contributed by atoms with Crippen molar-refractivity contribution >= 4 is 21.6 Å². The molecule has 10 heteroatoms. The molecule has 144 valence electrons. The number of benzene rings is 2. The maximum atomic E-state index is 12.6. The van der Waals surface area contributed by atoms with E-state index in [-0.39, 0.29) is 10.8 Å². The fourth-order valence-corrected chi connectivity index (χ4v) is 4.58. The number of carbonyl (C=O) groups excluding carboxylic acids is 1. The van der Waals surface area contributed by atoms with Crippen LogP contribution in [0.2, 0.25) is 0 Å². The molecule has 0 aliphatic carbocycles. The van der Waals surface area contributed by atoms with E-state index < -0.39 is 10.0 Å². The monoisotopic (exact) mass is 398 g/mol. The zero-order chi connectivity index (χ0) is 19.6. The molecule has 2 aromatic carbocycles. The van der Waals surface area contributed by atoms with Crippen molar-refractivity contribution in [1.29, 1.82) is 0 Å². The third-order valence-electron chi connectivity index (χ3n) is 4.54. The largest absolute Gasteiger partial charge is 0.322 e. The minimum Gasteiger partial charge on any atom is -0.322 e. The maximum Gasteiger partial charge on any atom is 0.255 e. The number of tetrazole rings is 1. The molecule has 0 atom stereocenters. The summed E-state index contributed by atoms with van der Waals surface area (Å²) >= 11 is 0. The minimum atomic E-state index is -3.49. The zero-order valence-electron chi connectivity index (χ0n) is 14.9. The average Bonchev–Trinajstić information content (AvgIpc) is 3.42. The van der Waals surface area contributed by atoms with Crippen LogP contribution >= 0.6 is 0 Å². The Labute approximate surface area is 162 Å². The first kappa shape index (κ1) is 18.3. The number of carbonyl (C=O) groups is 1. The van der Waals surface area contributed by atoms with Crippen LogP contribution in [0.15, 0.2) is 59.8 Å². The van der Waals surface area contributed by atoms with Gasteiger partial charge in [-0.3, -0.25) is 4.79 Å². The molecule has 2 heterocycles. The highest BCUT2D eigenvalue weighted by Crippen LogP contribution is 2.21. The smallest absolute Gasteiger partial charge is 0.255 e. The molecule has 4 rings (SSSR count). The number of amides is 1. The Kier molecular flexibility index (Phi) is 4.88. The van der Waals surface area contributed by atoms with Crippen molar-refractivity contribution in [2.24, 2.45) is 0 Å². The van der Waals surface area contributed by atoms with E-state index in [2.05, 4.69) is 20.8 Å². The Morgan fingerprint density at radius 2 is 1.79 bits per heavy atom. The van der Waals surface area contributed by atoms with Crippen molar-refractivity contribution < 1.29 is 13.2 Å². The molecule has 1 saturated heterocycles. The Morgan fingerprint density at radius 3 is 2.46 bits per heavy atom. The molecule has 1 N–H and O–H groups in total. The highest BCUT2D eigenvalue weighted by atomic mass is 32.2. The zero-order valence-corrected chi connectivity index (χ0v) is 15.7. The molecule has 1 fully saturated rings. The van der Waals surface area contributed by atoms with Gasteiger partial charge in [-0.2, -0.15) is 4.31 Å². The van der Waals surface area contributed by atoms with E-state index in [1.165, 1.54) is 39.6 Å². The SMILES string of the molecule is O=C(Nc1cccc(-n2cnnn2)c1)c1ccc(S(=O)(=O)N2CCCC2)cc1. The normalized spacial score (nSPS) is 14.9. The highest BCUT2D eigenvalue weighted by Gasteiger charge is 2.27. The van der Waals surface area contributed by atoms with Crippen molar-refractivity contribution in [1.82, 2.24) is 24.5 Å². The molecular formula is C18H18N6O3S. The van der Waals surface area contributed by atoms with Crippen molar-refractivity contribution in [3.05, 3.63) is 60.4 Å². The van der Waals surface area contributed by atoms with E-state index in [0.29, 0.717) is 30.0 Å². The molecule has 1 aliphatic rings. The van der Waals surface area contributed by atoms with E-state index in [1.54, 1.807) is 18.2 Å². The summed E-state index contributed by atoms with van der Waals surface area (Å²) in [5.74, 6) is -0.334. The molecule has 0 radical (unpaired) electrons. The molecular weight excluding hydrogens is 380 g/mol. The van der Waals surface area contributed by atoms with Gasteiger partial charge in [0.15, 0.2) is 0 Å². The van der Waals surface area contributed by atoms with Crippen molar-refractivity contribution in [2.75, 3.05) is 18.4 Å². The highest BCUT2D eigenvalue weighted by molar-refractivity contribution is 7.89. The van der Waals surface area contributed by atoms with E-state index >= 15 is 0 Å². The van der Waals surface area contributed by atoms with Gasteiger partial charge in [-0.1, -0.05) is 6.07 Å². The van der Waals surface area contributed by atoms with Crippen LogP contribution in [-0.2, 0) is 10.0 Å². The fourth-order valence-electron chi connectivity index (χ4n) is 3.06. The second kappa shape index (κ2) is 7.49. The summed E-state index contributed by atoms with van der Waals surface area (Å²) in [4.78, 5) is 12.7. The van der Waals surface area contributed by atoms with Gasteiger partial charge in [0.25, 0.3) is 5.91 Å². The quantitative estimate of drug-likeness (QED) is 0.700. The van der Waals surface area contributed by atoms with Crippen LogP contribution in [0.5, 0.6) is 0 Å². The lowest BCUT2D eigenvalue weighted by atomic mass is 10.2. The summed E-state index contributed by atoms with van der Waals surface area (Å²) in [6, 6.07) is 13.0. The summed E-state index contributed by atoms with van der Waals surface area (Å²) < 4.78 is 28.1. The predicted octanol–water partition coefficient (Wildman–Crippen LogP) is 1.70. The van der Waals surface area contributed by atoms with Gasteiger partial charge < -0.3 is 5.32 Å². The number of hydrogen-bond donors (Lipinski definition) is 1. The van der Waals surface area contributed by atoms with E-state index in [4.69, 9.17) is 0 Å². The molecule has 28 heavy (non-hydrogen) atoms. The lowest BCUT2D eigenvalue weighted by Gasteiger charge is -2.15. The topological polar surface area (TPSA) is 110 Å². The number of anilines is 1. The Morgan fingerprint density at radius 1 is 1.04 bits per heavy atom. The first-order valence-corrected chi connectivity index (χ1v) is 10.2. The summed E-state index contributed by atoms with van der Waals surface area (Å²) in [5, 5.41) is 13.8. The van der Waals surface area contributed by atoms with Crippen molar-refractivity contribution in [3.8, 4) is 5.69 Å². The predicted molar refractivity (Wildman–Crippen MR) is 102 cm³/mol. The van der Waals surface area contributed by atoms with Gasteiger partial charge in [0.1, 0.15) is 6.33 Å². The van der Waals surface area contributed by atoms with E-state index in [9.17, 15) is 13.2 Å². The van der Waals surface area contributed by atoms with Gasteiger partial charge in [0, 0.05) is 24.3 Å². The molecule has 0 saturated carbocycles. The fraction of sp³-hybridized carbons (Fsp3) is 0.222. The van der Waals surface area contributed by atoms with Gasteiger partial charge in [0.05, 0.1) is 10.6 Å². The van der Waals surface area contributed by atoms with Gasteiger partial charge in [0.2, 0.25) is 10.0 Å². The standard InChI is InChI=1S/C18H18N6O3S/c25-18(20-15-4-3-5-16(12-15)24-13-19-21-22-24)14-6-8-17(9-7-14)28(26,27)23-10-1-2-11-23/h3-9,12-13H,1-2,10-11H2,(H,20,25). The molecule has 1 aliphatic heterocycles. The van der Waals surface area contributed by atoms with E-state index in [1.807, 2.05) is 6.07 Å². The molecule has 0 bridgehead atoms. The molecule has 0 spiro atoms. The van der Waals surface area contributed by atoms with Crippen molar-refractivity contribution in [3.63, 3.8) is 0 Å². The number of sulfonamides is 1. The first-order valence-electron chi connectivity index (χ1n) is 8.79. The number of aromatic nitrogens is 4. The minimum absolute atomic E-state index is 0.201. The van der Waals surface area contributed by atoms with Crippen LogP contribution in [0.25, 0.3) is 5.69 Å². The van der Waals surface area contributed by atoms with Crippen molar-refractivity contribution in [2.45, 2.75) is 17.7 Å². The second-order valence-electron chi connectivity index (χ2n) is 6.39. The number of nitrogens with zero attached hydrogens (tertiary/aromatic N) is 5. The lowest BCUT2D eigenvalue weighted by molar-refractivity contribution is 0.102. The number of hydrogen-bond acceptors (Lipinski definition) is 6. The molecule has 1 aromatic heterocycles. The van der Waals surface area contributed by atoms with Crippen LogP contribution in [0.3, 0.4) is 0 Å². The van der Waals surface area contributed by atoms with Gasteiger partial charge in [-0.15, -0.1) is 5.10 Å². The first-order chi connectivity index (χ1) is 13.5. The van der Waals surface area contributed by atoms with Gasteiger partial charge in [-0.25, -0.2) is 13.1 Å². The average molecular weight is 398 g/mol. The van der Waals surface area contributed by atoms with Crippen LogP contribution in [0.1, 0.15) is 23.2 Å². The molecule has 1 amide bonds. The summed E-state index contributed by atoms with van der Waals surface area (Å²) in [7, 11) is -3.49. The molecule has 9 nitrogen and oxygen atoms in total. The number of rotatable bonds is 5. The van der Waals surface area contributed by atoms with Gasteiger partial charge in [-0.05, 0) is 65.7 Å². The summed E-state index contributed by atoms with van der Waals surface area (Å²) in [6.07, 6.45) is 3.22. The van der Waals surface area contributed by atoms with E-state index in [0.717, 1.165) is 12.8 Å².